The maximum Gasteiger partial charge on any atom is 0.307 e. The Morgan fingerprint density at radius 2 is 2.12 bits per heavy atom. The van der Waals surface area contributed by atoms with Crippen LogP contribution in [0.4, 0.5) is 0 Å². The van der Waals surface area contributed by atoms with Gasteiger partial charge in [0.2, 0.25) is 0 Å². The second-order valence-corrected chi connectivity index (χ2v) is 4.42. The Morgan fingerprint density at radius 3 is 2.76 bits per heavy atom. The lowest BCUT2D eigenvalue weighted by atomic mass is 10.1. The lowest BCUT2D eigenvalue weighted by molar-refractivity contribution is -0.136. The molecule has 1 aromatic heterocycles. The summed E-state index contributed by atoms with van der Waals surface area (Å²) < 4.78 is 1.92. The molecule has 2 aromatic rings. The molecule has 0 fully saturated rings. The van der Waals surface area contributed by atoms with Crippen LogP contribution in [-0.2, 0) is 17.8 Å². The van der Waals surface area contributed by atoms with E-state index in [1.807, 2.05) is 35.0 Å². The fraction of sp³-hybridized carbons (Fsp3) is 0.154. The number of hydrogen-bond donors (Lipinski definition) is 1. The zero-order valence-electron chi connectivity index (χ0n) is 9.19. The highest BCUT2D eigenvalue weighted by molar-refractivity contribution is 6.29. The first-order valence-corrected chi connectivity index (χ1v) is 5.57. The molecular formula is C13H12ClNO2. The molecule has 0 saturated carbocycles. The van der Waals surface area contributed by atoms with Gasteiger partial charge in [0.1, 0.15) is 0 Å². The summed E-state index contributed by atoms with van der Waals surface area (Å²) in [6.45, 7) is 4.14. The van der Waals surface area contributed by atoms with Crippen molar-refractivity contribution in [1.82, 2.24) is 4.57 Å². The smallest absolute Gasteiger partial charge is 0.307 e. The number of aliphatic carboxylic acids is 1. The molecule has 2 rings (SSSR count). The molecule has 0 radical (unpaired) electrons. The fourth-order valence-electron chi connectivity index (χ4n) is 1.94. The lowest BCUT2D eigenvalue weighted by Crippen LogP contribution is -1.99. The van der Waals surface area contributed by atoms with Gasteiger partial charge in [-0.05, 0) is 11.6 Å². The minimum absolute atomic E-state index is 0.0161. The number of benzene rings is 1. The molecule has 17 heavy (non-hydrogen) atoms. The van der Waals surface area contributed by atoms with Crippen molar-refractivity contribution in [3.05, 3.63) is 47.6 Å². The highest BCUT2D eigenvalue weighted by atomic mass is 35.5. The van der Waals surface area contributed by atoms with Gasteiger partial charge in [-0.2, -0.15) is 0 Å². The SMILES string of the molecule is C=C(Cl)Cn1cc(CC(=O)O)c2ccccc21. The zero-order chi connectivity index (χ0) is 12.4. The van der Waals surface area contributed by atoms with Crippen LogP contribution in [0.1, 0.15) is 5.56 Å². The van der Waals surface area contributed by atoms with E-state index in [-0.39, 0.29) is 6.42 Å². The molecule has 1 heterocycles. The van der Waals surface area contributed by atoms with Crippen LogP contribution >= 0.6 is 11.6 Å². The van der Waals surface area contributed by atoms with Crippen molar-refractivity contribution in [3.8, 4) is 0 Å². The number of fused-ring (bicyclic) bond motifs is 1. The van der Waals surface area contributed by atoms with E-state index < -0.39 is 5.97 Å². The third kappa shape index (κ3) is 2.50. The molecular weight excluding hydrogens is 238 g/mol. The number of allylic oxidation sites excluding steroid dienone is 1. The van der Waals surface area contributed by atoms with E-state index in [9.17, 15) is 4.79 Å². The standard InChI is InChI=1S/C13H12ClNO2/c1-9(14)7-15-8-10(6-13(16)17)11-4-2-3-5-12(11)15/h2-5,8H,1,6-7H2,(H,16,17). The number of carboxylic acid groups (broad SMARTS) is 1. The second-order valence-electron chi connectivity index (χ2n) is 3.89. The Bertz CT molecular complexity index is 536. The number of nitrogens with zero attached hydrogens (tertiary/aromatic N) is 1. The number of halogens is 1. The minimum atomic E-state index is -0.836. The molecule has 1 aromatic carbocycles. The summed E-state index contributed by atoms with van der Waals surface area (Å²) in [6.07, 6.45) is 1.84. The number of carbonyl (C=O) groups is 1. The first-order chi connectivity index (χ1) is 8.08. The van der Waals surface area contributed by atoms with Crippen molar-refractivity contribution in [2.45, 2.75) is 13.0 Å². The summed E-state index contributed by atoms with van der Waals surface area (Å²) in [5.41, 5.74) is 1.77. The van der Waals surface area contributed by atoms with Crippen molar-refractivity contribution < 1.29 is 9.90 Å². The molecule has 0 bridgehead atoms. The van der Waals surface area contributed by atoms with Gasteiger partial charge >= 0.3 is 5.97 Å². The molecule has 88 valence electrons. The molecule has 0 aliphatic carbocycles. The average molecular weight is 250 g/mol. The highest BCUT2D eigenvalue weighted by Gasteiger charge is 2.10. The summed E-state index contributed by atoms with van der Waals surface area (Å²) in [6, 6.07) is 7.68. The third-order valence-electron chi connectivity index (χ3n) is 2.55. The largest absolute Gasteiger partial charge is 0.481 e. The molecule has 1 N–H and O–H groups in total. The van der Waals surface area contributed by atoms with Crippen molar-refractivity contribution in [1.29, 1.82) is 0 Å². The van der Waals surface area contributed by atoms with Crippen LogP contribution in [0, 0.1) is 0 Å². The molecule has 3 nitrogen and oxygen atoms in total. The van der Waals surface area contributed by atoms with Crippen LogP contribution in [-0.4, -0.2) is 15.6 Å². The Kier molecular flexibility index (Phi) is 3.20. The van der Waals surface area contributed by atoms with Crippen molar-refractivity contribution in [2.75, 3.05) is 0 Å². The highest BCUT2D eigenvalue weighted by Crippen LogP contribution is 2.23. The summed E-state index contributed by atoms with van der Waals surface area (Å²) in [5.74, 6) is -0.836. The first-order valence-electron chi connectivity index (χ1n) is 5.19. The molecule has 0 aliphatic heterocycles. The van der Waals surface area contributed by atoms with Crippen LogP contribution in [0.5, 0.6) is 0 Å². The van der Waals surface area contributed by atoms with Gasteiger partial charge in [0.15, 0.2) is 0 Å². The monoisotopic (exact) mass is 249 g/mol. The third-order valence-corrected chi connectivity index (χ3v) is 2.67. The van der Waals surface area contributed by atoms with E-state index in [0.717, 1.165) is 16.5 Å². The molecule has 0 amide bonds. The van der Waals surface area contributed by atoms with E-state index in [4.69, 9.17) is 16.7 Å². The number of para-hydroxylation sites is 1. The van der Waals surface area contributed by atoms with Gasteiger partial charge in [0.25, 0.3) is 0 Å². The summed E-state index contributed by atoms with van der Waals surface area (Å²) in [7, 11) is 0. The van der Waals surface area contributed by atoms with E-state index >= 15 is 0 Å². The number of rotatable bonds is 4. The molecule has 0 spiro atoms. The molecule has 0 saturated heterocycles. The summed E-state index contributed by atoms with van der Waals surface area (Å²) in [4.78, 5) is 10.8. The Labute approximate surface area is 104 Å². The van der Waals surface area contributed by atoms with E-state index in [2.05, 4.69) is 6.58 Å². The van der Waals surface area contributed by atoms with E-state index in [1.165, 1.54) is 0 Å². The zero-order valence-corrected chi connectivity index (χ0v) is 9.94. The number of aromatic nitrogens is 1. The van der Waals surface area contributed by atoms with Crippen LogP contribution in [0.15, 0.2) is 42.1 Å². The van der Waals surface area contributed by atoms with Gasteiger partial charge in [0.05, 0.1) is 13.0 Å². The Balaban J connectivity index is 2.53. The maximum atomic E-state index is 10.8. The van der Waals surface area contributed by atoms with E-state index in [0.29, 0.717) is 11.6 Å². The van der Waals surface area contributed by atoms with E-state index in [1.54, 1.807) is 0 Å². The maximum absolute atomic E-state index is 10.8. The molecule has 4 heteroatoms. The van der Waals surface area contributed by atoms with Gasteiger partial charge in [-0.25, -0.2) is 0 Å². The van der Waals surface area contributed by atoms with Crippen molar-refractivity contribution in [3.63, 3.8) is 0 Å². The fourth-order valence-corrected chi connectivity index (χ4v) is 2.07. The molecule has 0 aliphatic rings. The minimum Gasteiger partial charge on any atom is -0.481 e. The number of carboxylic acids is 1. The van der Waals surface area contributed by atoms with Crippen LogP contribution < -0.4 is 0 Å². The number of hydrogen-bond acceptors (Lipinski definition) is 1. The first kappa shape index (κ1) is 11.7. The van der Waals surface area contributed by atoms with Crippen molar-refractivity contribution in [2.24, 2.45) is 0 Å². The van der Waals surface area contributed by atoms with Crippen molar-refractivity contribution >= 4 is 28.5 Å². The van der Waals surface area contributed by atoms with Gasteiger partial charge in [0, 0.05) is 22.1 Å². The van der Waals surface area contributed by atoms with Gasteiger partial charge in [-0.3, -0.25) is 4.79 Å². The topological polar surface area (TPSA) is 42.2 Å². The Morgan fingerprint density at radius 1 is 1.41 bits per heavy atom. The average Bonchev–Trinajstić information content (AvgIpc) is 2.56. The quantitative estimate of drug-likeness (QED) is 0.905. The normalized spacial score (nSPS) is 10.6. The second kappa shape index (κ2) is 4.63. The summed E-state index contributed by atoms with van der Waals surface area (Å²) >= 11 is 5.80. The predicted molar refractivity (Wildman–Crippen MR) is 68.3 cm³/mol. The van der Waals surface area contributed by atoms with Crippen LogP contribution in [0.3, 0.4) is 0 Å². The van der Waals surface area contributed by atoms with Crippen LogP contribution in [0.25, 0.3) is 10.9 Å². The van der Waals surface area contributed by atoms with Gasteiger partial charge in [-0.1, -0.05) is 36.4 Å². The van der Waals surface area contributed by atoms with Gasteiger partial charge < -0.3 is 9.67 Å². The molecule has 0 atom stereocenters. The summed E-state index contributed by atoms with van der Waals surface area (Å²) in [5, 5.41) is 10.3. The molecule has 0 unspecified atom stereocenters. The predicted octanol–water partition coefficient (Wildman–Crippen LogP) is 3.02. The lowest BCUT2D eigenvalue weighted by Gasteiger charge is -2.02. The Hall–Kier alpha value is -1.74. The van der Waals surface area contributed by atoms with Gasteiger partial charge in [-0.15, -0.1) is 0 Å². The van der Waals surface area contributed by atoms with Crippen LogP contribution in [0.2, 0.25) is 0 Å².